The van der Waals surface area contributed by atoms with Crippen molar-refractivity contribution in [3.05, 3.63) is 28.8 Å². The van der Waals surface area contributed by atoms with Crippen molar-refractivity contribution in [2.45, 2.75) is 25.7 Å². The van der Waals surface area contributed by atoms with E-state index >= 15 is 0 Å². The van der Waals surface area contributed by atoms with Crippen molar-refractivity contribution in [2.75, 3.05) is 0 Å². The number of hydrogen-bond acceptors (Lipinski definition) is 3. The number of benzene rings is 1. The summed E-state index contributed by atoms with van der Waals surface area (Å²) in [5, 5.41) is 14.3. The summed E-state index contributed by atoms with van der Waals surface area (Å²) in [4.78, 5) is 11.9. The Morgan fingerprint density at radius 3 is 2.89 bits per heavy atom. The van der Waals surface area contributed by atoms with E-state index in [0.29, 0.717) is 10.9 Å². The first-order valence-electron chi connectivity index (χ1n) is 6.49. The fourth-order valence-corrected chi connectivity index (χ4v) is 3.21. The Kier molecular flexibility index (Phi) is 3.19. The number of hydrazone groups is 1. The van der Waals surface area contributed by atoms with Gasteiger partial charge < -0.3 is 5.11 Å². The Hall–Kier alpha value is -1.55. The van der Waals surface area contributed by atoms with Gasteiger partial charge in [0, 0.05) is 10.7 Å². The third-order valence-corrected chi connectivity index (χ3v) is 4.25. The first kappa shape index (κ1) is 12.5. The number of halogens is 1. The van der Waals surface area contributed by atoms with Gasteiger partial charge in [-0.1, -0.05) is 11.6 Å². The molecule has 2 atom stereocenters. The van der Waals surface area contributed by atoms with Crippen LogP contribution >= 0.6 is 11.6 Å². The highest BCUT2D eigenvalue weighted by molar-refractivity contribution is 6.30. The number of fused-ring (bicyclic) bond motifs is 2. The molecule has 0 unspecified atom stereocenters. The number of phenols is 1. The smallest absolute Gasteiger partial charge is 0.275 e. The van der Waals surface area contributed by atoms with E-state index < -0.39 is 5.91 Å². The minimum absolute atomic E-state index is 0.127. The van der Waals surface area contributed by atoms with Gasteiger partial charge in [-0.05, 0) is 55.7 Å². The second kappa shape index (κ2) is 4.85. The summed E-state index contributed by atoms with van der Waals surface area (Å²) in [7, 11) is 0. The van der Waals surface area contributed by atoms with E-state index in [9.17, 15) is 9.90 Å². The topological polar surface area (TPSA) is 61.7 Å². The first-order chi connectivity index (χ1) is 9.13. The Bertz CT molecular complexity index is 556. The van der Waals surface area contributed by atoms with Crippen LogP contribution in [0.1, 0.15) is 36.0 Å². The molecule has 19 heavy (non-hydrogen) atoms. The number of carbonyl (C=O) groups is 1. The fraction of sp³-hybridized carbons (Fsp3) is 0.429. The Labute approximate surface area is 116 Å². The summed E-state index contributed by atoms with van der Waals surface area (Å²) in [6, 6.07) is 4.41. The highest BCUT2D eigenvalue weighted by Gasteiger charge is 2.36. The van der Waals surface area contributed by atoms with Gasteiger partial charge in [-0.25, -0.2) is 5.43 Å². The maximum absolute atomic E-state index is 11.9. The molecule has 1 aromatic carbocycles. The number of aromatic hydroxyl groups is 1. The van der Waals surface area contributed by atoms with E-state index in [1.807, 2.05) is 0 Å². The predicted octanol–water partition coefficient (Wildman–Crippen LogP) is 2.95. The molecule has 0 aliphatic heterocycles. The van der Waals surface area contributed by atoms with E-state index in [4.69, 9.17) is 11.6 Å². The van der Waals surface area contributed by atoms with Crippen molar-refractivity contribution in [3.8, 4) is 5.75 Å². The van der Waals surface area contributed by atoms with Crippen molar-refractivity contribution in [2.24, 2.45) is 16.9 Å². The number of rotatable bonds is 2. The van der Waals surface area contributed by atoms with Crippen molar-refractivity contribution >= 4 is 23.2 Å². The average Bonchev–Trinajstić information content (AvgIpc) is 2.98. The van der Waals surface area contributed by atoms with E-state index in [0.717, 1.165) is 18.1 Å². The number of amides is 1. The molecule has 5 heteroatoms. The summed E-state index contributed by atoms with van der Waals surface area (Å²) in [5.74, 6) is 0.774. The molecular formula is C14H15ClN2O2. The summed E-state index contributed by atoms with van der Waals surface area (Å²) in [6.07, 6.45) is 4.68. The molecule has 2 bridgehead atoms. The molecule has 1 amide bonds. The van der Waals surface area contributed by atoms with Crippen LogP contribution in [0.15, 0.2) is 23.3 Å². The SMILES string of the molecule is O=C(N/N=C1\C[C@H]2CC[C@@H]1C2)c1ccc(Cl)cc1O. The summed E-state index contributed by atoms with van der Waals surface area (Å²) in [6.45, 7) is 0. The zero-order chi connectivity index (χ0) is 13.4. The molecule has 3 rings (SSSR count). The van der Waals surface area contributed by atoms with Gasteiger partial charge in [-0.15, -0.1) is 0 Å². The molecule has 0 aromatic heterocycles. The van der Waals surface area contributed by atoms with Gasteiger partial charge in [-0.2, -0.15) is 5.10 Å². The molecule has 2 N–H and O–H groups in total. The minimum Gasteiger partial charge on any atom is -0.507 e. The van der Waals surface area contributed by atoms with Crippen molar-refractivity contribution in [1.29, 1.82) is 0 Å². The molecule has 100 valence electrons. The van der Waals surface area contributed by atoms with Crippen LogP contribution in [-0.4, -0.2) is 16.7 Å². The van der Waals surface area contributed by atoms with E-state index in [2.05, 4.69) is 10.5 Å². The van der Waals surface area contributed by atoms with E-state index in [-0.39, 0.29) is 11.3 Å². The molecule has 2 saturated carbocycles. The maximum atomic E-state index is 11.9. The number of phenolic OH excluding ortho intramolecular Hbond substituents is 1. The monoisotopic (exact) mass is 278 g/mol. The number of nitrogens with one attached hydrogen (secondary N) is 1. The molecule has 4 nitrogen and oxygen atoms in total. The van der Waals surface area contributed by atoms with Crippen LogP contribution < -0.4 is 5.43 Å². The quantitative estimate of drug-likeness (QED) is 0.817. The molecule has 1 aromatic rings. The lowest BCUT2D eigenvalue weighted by molar-refractivity contribution is 0.0952. The fourth-order valence-electron chi connectivity index (χ4n) is 3.04. The standard InChI is InChI=1S/C14H15ClN2O2/c15-10-3-4-11(13(18)7-10)14(19)17-16-12-6-8-1-2-9(12)5-8/h3-4,7-9,18H,1-2,5-6H2,(H,17,19)/b16-12+/t8-,9+/m0/s1. The first-order valence-corrected chi connectivity index (χ1v) is 6.86. The van der Waals surface area contributed by atoms with Gasteiger partial charge >= 0.3 is 0 Å². The highest BCUT2D eigenvalue weighted by atomic mass is 35.5. The third kappa shape index (κ3) is 2.45. The average molecular weight is 279 g/mol. The molecule has 2 aliphatic carbocycles. The van der Waals surface area contributed by atoms with Gasteiger partial charge in [0.1, 0.15) is 5.75 Å². The molecule has 2 fully saturated rings. The van der Waals surface area contributed by atoms with Crippen LogP contribution in [-0.2, 0) is 0 Å². The number of carbonyl (C=O) groups excluding carboxylic acids is 1. The molecule has 0 heterocycles. The Balaban J connectivity index is 1.70. The lowest BCUT2D eigenvalue weighted by atomic mass is 9.99. The lowest BCUT2D eigenvalue weighted by Gasteiger charge is -2.11. The van der Waals surface area contributed by atoms with Gasteiger partial charge in [0.25, 0.3) is 5.91 Å². The zero-order valence-corrected chi connectivity index (χ0v) is 11.2. The van der Waals surface area contributed by atoms with Crippen LogP contribution in [0.5, 0.6) is 5.75 Å². The van der Waals surface area contributed by atoms with Gasteiger partial charge in [0.2, 0.25) is 0 Å². The Morgan fingerprint density at radius 2 is 2.26 bits per heavy atom. The summed E-state index contributed by atoms with van der Waals surface area (Å²) in [5.41, 5.74) is 3.82. The zero-order valence-electron chi connectivity index (χ0n) is 10.4. The minimum atomic E-state index is -0.399. The van der Waals surface area contributed by atoms with Crippen LogP contribution in [0.2, 0.25) is 5.02 Å². The van der Waals surface area contributed by atoms with Crippen LogP contribution in [0, 0.1) is 11.8 Å². The second-order valence-corrected chi connectivity index (χ2v) is 5.72. The third-order valence-electron chi connectivity index (χ3n) is 4.02. The molecule has 2 aliphatic rings. The maximum Gasteiger partial charge on any atom is 0.275 e. The second-order valence-electron chi connectivity index (χ2n) is 5.29. The van der Waals surface area contributed by atoms with Crippen LogP contribution in [0.3, 0.4) is 0 Å². The normalized spacial score (nSPS) is 26.9. The van der Waals surface area contributed by atoms with Crippen molar-refractivity contribution in [1.82, 2.24) is 5.43 Å². The van der Waals surface area contributed by atoms with Gasteiger partial charge in [0.05, 0.1) is 5.56 Å². The van der Waals surface area contributed by atoms with Crippen LogP contribution in [0.25, 0.3) is 0 Å². The summed E-state index contributed by atoms with van der Waals surface area (Å²) >= 11 is 5.73. The highest BCUT2D eigenvalue weighted by Crippen LogP contribution is 2.42. The predicted molar refractivity (Wildman–Crippen MR) is 73.5 cm³/mol. The largest absolute Gasteiger partial charge is 0.507 e. The number of nitrogens with zero attached hydrogens (tertiary/aromatic N) is 1. The molecule has 0 saturated heterocycles. The number of hydrogen-bond donors (Lipinski definition) is 2. The Morgan fingerprint density at radius 1 is 1.42 bits per heavy atom. The van der Waals surface area contributed by atoms with Gasteiger partial charge in [-0.3, -0.25) is 4.79 Å². The molecule has 0 spiro atoms. The van der Waals surface area contributed by atoms with E-state index in [1.54, 1.807) is 6.07 Å². The lowest BCUT2D eigenvalue weighted by Crippen LogP contribution is -2.22. The van der Waals surface area contributed by atoms with E-state index in [1.165, 1.54) is 31.4 Å². The molecule has 0 radical (unpaired) electrons. The van der Waals surface area contributed by atoms with Crippen molar-refractivity contribution in [3.63, 3.8) is 0 Å². The molecular weight excluding hydrogens is 264 g/mol. The van der Waals surface area contributed by atoms with Gasteiger partial charge in [0.15, 0.2) is 0 Å². The van der Waals surface area contributed by atoms with Crippen molar-refractivity contribution < 1.29 is 9.90 Å². The summed E-state index contributed by atoms with van der Waals surface area (Å²) < 4.78 is 0. The van der Waals surface area contributed by atoms with Crippen LogP contribution in [0.4, 0.5) is 0 Å².